The first kappa shape index (κ1) is 14.7. The Morgan fingerprint density at radius 3 is 2.19 bits per heavy atom. The molecule has 0 aliphatic rings. The van der Waals surface area contributed by atoms with E-state index in [0.717, 1.165) is 16.7 Å². The van der Waals surface area contributed by atoms with Gasteiger partial charge < -0.3 is 15.9 Å². The van der Waals surface area contributed by atoms with Crippen LogP contribution in [0.4, 0.5) is 0 Å². The van der Waals surface area contributed by atoms with Gasteiger partial charge in [0, 0.05) is 0 Å². The van der Waals surface area contributed by atoms with Gasteiger partial charge in [-0.15, -0.1) is 12.4 Å². The summed E-state index contributed by atoms with van der Waals surface area (Å²) in [7, 11) is 0. The molecule has 0 saturated carbocycles. The Labute approximate surface area is 100 Å². The minimum atomic E-state index is -1.01. The molecule has 0 bridgehead atoms. The quantitative estimate of drug-likeness (QED) is 0.751. The van der Waals surface area contributed by atoms with Crippen LogP contribution in [0.3, 0.4) is 0 Å². The number of hydrogen-bond acceptors (Lipinski definition) is 3. The number of carboxylic acids is 1. The molecule has 0 radical (unpaired) electrons. The molecule has 1 aromatic carbocycles. The Balaban J connectivity index is 0.00000225. The molecule has 4 nitrogen and oxygen atoms in total. The number of carboxylic acid groups (broad SMARTS) is 1. The number of nitrogens with two attached hydrogens (primary N) is 1. The van der Waals surface area contributed by atoms with Crippen LogP contribution in [0.15, 0.2) is 12.1 Å². The first-order chi connectivity index (χ1) is 6.91. The molecular weight excluding hydrogens is 230 g/mol. The van der Waals surface area contributed by atoms with E-state index in [9.17, 15) is 9.90 Å². The van der Waals surface area contributed by atoms with Gasteiger partial charge in [-0.3, -0.25) is 4.79 Å². The van der Waals surface area contributed by atoms with E-state index in [4.69, 9.17) is 10.8 Å². The monoisotopic (exact) mass is 245 g/mol. The summed E-state index contributed by atoms with van der Waals surface area (Å²) in [6, 6.07) is 2.32. The molecule has 0 fully saturated rings. The largest absolute Gasteiger partial charge is 0.508 e. The number of halogens is 1. The Morgan fingerprint density at radius 2 is 1.81 bits per heavy atom. The lowest BCUT2D eigenvalue weighted by Gasteiger charge is -2.12. The normalized spacial score (nSPS) is 11.7. The number of aromatic hydroxyl groups is 1. The molecule has 0 saturated heterocycles. The van der Waals surface area contributed by atoms with Crippen LogP contribution in [0, 0.1) is 13.8 Å². The van der Waals surface area contributed by atoms with Crippen LogP contribution in [0.2, 0.25) is 0 Å². The summed E-state index contributed by atoms with van der Waals surface area (Å²) < 4.78 is 0. The molecule has 1 aromatic rings. The summed E-state index contributed by atoms with van der Waals surface area (Å²) in [5.74, 6) is -0.820. The van der Waals surface area contributed by atoms with Gasteiger partial charge in [-0.1, -0.05) is 0 Å². The second-order valence-corrected chi connectivity index (χ2v) is 3.71. The van der Waals surface area contributed by atoms with Gasteiger partial charge in [0.25, 0.3) is 0 Å². The fourth-order valence-electron chi connectivity index (χ4n) is 1.60. The molecule has 0 aliphatic heterocycles. The van der Waals surface area contributed by atoms with Crippen molar-refractivity contribution in [3.8, 4) is 5.75 Å². The van der Waals surface area contributed by atoms with Gasteiger partial charge in [-0.25, -0.2) is 0 Å². The summed E-state index contributed by atoms with van der Waals surface area (Å²) >= 11 is 0. The number of phenols is 1. The van der Waals surface area contributed by atoms with Crippen molar-refractivity contribution < 1.29 is 15.0 Å². The number of rotatable bonds is 3. The van der Waals surface area contributed by atoms with Gasteiger partial charge in [0.15, 0.2) is 0 Å². The molecule has 0 amide bonds. The Bertz CT molecular complexity index is 370. The maximum Gasteiger partial charge on any atom is 0.320 e. The van der Waals surface area contributed by atoms with Gasteiger partial charge in [0.2, 0.25) is 0 Å². The average Bonchev–Trinajstić information content (AvgIpc) is 2.10. The van der Waals surface area contributed by atoms with Crippen molar-refractivity contribution in [2.75, 3.05) is 0 Å². The van der Waals surface area contributed by atoms with Crippen LogP contribution in [0.1, 0.15) is 16.7 Å². The van der Waals surface area contributed by atoms with Crippen molar-refractivity contribution in [3.63, 3.8) is 0 Å². The Kier molecular flexibility index (Phi) is 5.27. The lowest BCUT2D eigenvalue weighted by atomic mass is 9.96. The Morgan fingerprint density at radius 1 is 1.38 bits per heavy atom. The van der Waals surface area contributed by atoms with Crippen molar-refractivity contribution in [1.29, 1.82) is 0 Å². The predicted octanol–water partition coefficient (Wildman–Crippen LogP) is 1.39. The van der Waals surface area contributed by atoms with Crippen LogP contribution >= 0.6 is 12.4 Å². The zero-order valence-corrected chi connectivity index (χ0v) is 10.0. The Hall–Kier alpha value is -1.26. The van der Waals surface area contributed by atoms with E-state index in [1.165, 1.54) is 0 Å². The average molecular weight is 246 g/mol. The molecule has 0 spiro atoms. The molecule has 1 atom stereocenters. The second kappa shape index (κ2) is 5.72. The highest BCUT2D eigenvalue weighted by atomic mass is 35.5. The molecule has 4 N–H and O–H groups in total. The van der Waals surface area contributed by atoms with Gasteiger partial charge in [-0.2, -0.15) is 0 Å². The third-order valence-corrected chi connectivity index (χ3v) is 2.42. The van der Waals surface area contributed by atoms with Crippen molar-refractivity contribution in [2.45, 2.75) is 26.3 Å². The van der Waals surface area contributed by atoms with E-state index in [1.807, 2.05) is 13.8 Å². The highest BCUT2D eigenvalue weighted by Gasteiger charge is 2.15. The van der Waals surface area contributed by atoms with Crippen LogP contribution in [0.25, 0.3) is 0 Å². The third-order valence-electron chi connectivity index (χ3n) is 2.42. The summed E-state index contributed by atoms with van der Waals surface area (Å²) in [5.41, 5.74) is 8.08. The fraction of sp³-hybridized carbons (Fsp3) is 0.364. The first-order valence-electron chi connectivity index (χ1n) is 4.69. The molecular formula is C11H16ClNO3. The van der Waals surface area contributed by atoms with E-state index < -0.39 is 12.0 Å². The third kappa shape index (κ3) is 3.40. The summed E-state index contributed by atoms with van der Waals surface area (Å²) in [6.07, 6.45) is 0.285. The van der Waals surface area contributed by atoms with Crippen molar-refractivity contribution in [3.05, 3.63) is 28.8 Å². The van der Waals surface area contributed by atoms with Crippen LogP contribution in [0.5, 0.6) is 5.75 Å². The SMILES string of the molecule is Cc1cc(O)cc(C)c1CC(N)C(=O)O.Cl. The molecule has 90 valence electrons. The minimum Gasteiger partial charge on any atom is -0.508 e. The van der Waals surface area contributed by atoms with Gasteiger partial charge in [-0.05, 0) is 49.1 Å². The second-order valence-electron chi connectivity index (χ2n) is 3.71. The van der Waals surface area contributed by atoms with Gasteiger partial charge in [0.1, 0.15) is 11.8 Å². The van der Waals surface area contributed by atoms with E-state index in [1.54, 1.807) is 12.1 Å². The fourth-order valence-corrected chi connectivity index (χ4v) is 1.60. The van der Waals surface area contributed by atoms with E-state index in [-0.39, 0.29) is 24.6 Å². The molecule has 0 aromatic heterocycles. The number of aryl methyl sites for hydroxylation is 2. The zero-order valence-electron chi connectivity index (χ0n) is 9.23. The van der Waals surface area contributed by atoms with Crippen molar-refractivity contribution in [1.82, 2.24) is 0 Å². The topological polar surface area (TPSA) is 83.5 Å². The molecule has 1 rings (SSSR count). The van der Waals surface area contributed by atoms with Gasteiger partial charge in [0.05, 0.1) is 0 Å². The van der Waals surface area contributed by atoms with E-state index in [0.29, 0.717) is 0 Å². The molecule has 5 heteroatoms. The summed E-state index contributed by atoms with van der Waals surface area (Å²) in [4.78, 5) is 10.6. The number of aliphatic carboxylic acids is 1. The number of hydrogen-bond donors (Lipinski definition) is 3. The van der Waals surface area contributed by atoms with Gasteiger partial charge >= 0.3 is 5.97 Å². The number of carbonyl (C=O) groups is 1. The molecule has 0 aliphatic carbocycles. The maximum atomic E-state index is 10.6. The van der Waals surface area contributed by atoms with Crippen molar-refractivity contribution in [2.24, 2.45) is 5.73 Å². The summed E-state index contributed by atoms with van der Waals surface area (Å²) in [5, 5.41) is 18.0. The maximum absolute atomic E-state index is 10.6. The molecule has 1 unspecified atom stereocenters. The smallest absolute Gasteiger partial charge is 0.320 e. The minimum absolute atomic E-state index is 0. The van der Waals surface area contributed by atoms with Crippen LogP contribution in [-0.2, 0) is 11.2 Å². The highest BCUT2D eigenvalue weighted by molar-refractivity contribution is 5.85. The lowest BCUT2D eigenvalue weighted by Crippen LogP contribution is -2.32. The number of benzene rings is 1. The molecule has 16 heavy (non-hydrogen) atoms. The highest BCUT2D eigenvalue weighted by Crippen LogP contribution is 2.21. The molecule has 0 heterocycles. The predicted molar refractivity (Wildman–Crippen MR) is 64.1 cm³/mol. The first-order valence-corrected chi connectivity index (χ1v) is 4.69. The zero-order chi connectivity index (χ0) is 11.6. The van der Waals surface area contributed by atoms with E-state index >= 15 is 0 Å². The van der Waals surface area contributed by atoms with Crippen LogP contribution < -0.4 is 5.73 Å². The van der Waals surface area contributed by atoms with Crippen LogP contribution in [-0.4, -0.2) is 22.2 Å². The lowest BCUT2D eigenvalue weighted by molar-refractivity contribution is -0.138. The van der Waals surface area contributed by atoms with E-state index in [2.05, 4.69) is 0 Å². The standard InChI is InChI=1S/C11H15NO3.ClH/c1-6-3-8(13)4-7(2)9(6)5-10(12)11(14)15;/h3-4,10,13H,5,12H2,1-2H3,(H,14,15);1H. The number of phenolic OH excluding ortho intramolecular Hbond substituents is 1. The van der Waals surface area contributed by atoms with Crippen molar-refractivity contribution >= 4 is 18.4 Å². The summed E-state index contributed by atoms with van der Waals surface area (Å²) in [6.45, 7) is 3.66.